The van der Waals surface area contributed by atoms with E-state index < -0.39 is 11.9 Å². The van der Waals surface area contributed by atoms with E-state index in [1.165, 1.54) is 10.9 Å². The number of phenolic OH excluding ortho intramolecular Hbond substituents is 1. The molecule has 2 rings (SSSR count). The maximum Gasteiger partial charge on any atom is 0.435 e. The lowest BCUT2D eigenvalue weighted by Gasteiger charge is -2.22. The number of halogens is 3. The van der Waals surface area contributed by atoms with Gasteiger partial charge in [-0.1, -0.05) is 20.8 Å². The Morgan fingerprint density at radius 3 is 2.24 bits per heavy atom. The highest BCUT2D eigenvalue weighted by atomic mass is 19.4. The van der Waals surface area contributed by atoms with Gasteiger partial charge in [-0.05, 0) is 36.1 Å². The van der Waals surface area contributed by atoms with Crippen LogP contribution in [0.2, 0.25) is 0 Å². The third kappa shape index (κ3) is 3.04. The van der Waals surface area contributed by atoms with Crippen LogP contribution >= 0.6 is 0 Å². The average molecular weight is 298 g/mol. The van der Waals surface area contributed by atoms with E-state index in [0.717, 1.165) is 6.07 Å². The van der Waals surface area contributed by atoms with Crippen molar-refractivity contribution in [3.63, 3.8) is 0 Å². The summed E-state index contributed by atoms with van der Waals surface area (Å²) in [4.78, 5) is 0. The number of hydrogen-bond donors (Lipinski definition) is 1. The van der Waals surface area contributed by atoms with E-state index in [1.807, 2.05) is 20.8 Å². The molecule has 0 radical (unpaired) electrons. The summed E-state index contributed by atoms with van der Waals surface area (Å²) in [6, 6.07) is 4.20. The van der Waals surface area contributed by atoms with Gasteiger partial charge in [0.15, 0.2) is 5.69 Å². The fourth-order valence-electron chi connectivity index (χ4n) is 2.08. The molecule has 1 N–H and O–H groups in total. The number of rotatable bonds is 1. The van der Waals surface area contributed by atoms with Crippen molar-refractivity contribution in [2.45, 2.75) is 39.3 Å². The van der Waals surface area contributed by atoms with Gasteiger partial charge >= 0.3 is 6.18 Å². The fourth-order valence-corrected chi connectivity index (χ4v) is 2.08. The molecule has 1 aromatic heterocycles. The molecule has 0 amide bonds. The van der Waals surface area contributed by atoms with Crippen LogP contribution < -0.4 is 0 Å². The topological polar surface area (TPSA) is 38.0 Å². The van der Waals surface area contributed by atoms with Crippen LogP contribution in [0.1, 0.15) is 37.6 Å². The van der Waals surface area contributed by atoms with Gasteiger partial charge in [0.1, 0.15) is 5.75 Å². The maximum atomic E-state index is 12.6. The zero-order valence-electron chi connectivity index (χ0n) is 12.3. The second kappa shape index (κ2) is 4.79. The maximum absolute atomic E-state index is 12.6. The van der Waals surface area contributed by atoms with E-state index in [0.29, 0.717) is 16.8 Å². The van der Waals surface area contributed by atoms with Gasteiger partial charge in [-0.3, -0.25) is 0 Å². The van der Waals surface area contributed by atoms with Crippen LogP contribution in [-0.4, -0.2) is 14.9 Å². The molecule has 21 heavy (non-hydrogen) atoms. The summed E-state index contributed by atoms with van der Waals surface area (Å²) in [6.07, 6.45) is -3.20. The Kier molecular flexibility index (Phi) is 3.51. The Bertz CT molecular complexity index is 667. The zero-order valence-corrected chi connectivity index (χ0v) is 12.3. The van der Waals surface area contributed by atoms with Gasteiger partial charge in [0.2, 0.25) is 0 Å². The van der Waals surface area contributed by atoms with Crippen molar-refractivity contribution in [2.75, 3.05) is 0 Å². The molecule has 6 heteroatoms. The number of phenols is 1. The molecule has 2 aromatic rings. The largest absolute Gasteiger partial charge is 0.507 e. The second-order valence-corrected chi connectivity index (χ2v) is 6.05. The molecule has 0 atom stereocenters. The Hall–Kier alpha value is -1.98. The van der Waals surface area contributed by atoms with Crippen LogP contribution in [0, 0.1) is 6.92 Å². The van der Waals surface area contributed by atoms with Gasteiger partial charge in [-0.2, -0.15) is 18.3 Å². The highest BCUT2D eigenvalue weighted by Gasteiger charge is 2.33. The first-order valence-electron chi connectivity index (χ1n) is 6.47. The summed E-state index contributed by atoms with van der Waals surface area (Å²) in [6.45, 7) is 7.49. The van der Waals surface area contributed by atoms with Crippen molar-refractivity contribution in [3.05, 3.63) is 41.2 Å². The molecule has 1 aromatic carbocycles. The Morgan fingerprint density at radius 1 is 1.14 bits per heavy atom. The smallest absolute Gasteiger partial charge is 0.435 e. The molecule has 114 valence electrons. The van der Waals surface area contributed by atoms with E-state index in [1.54, 1.807) is 19.1 Å². The van der Waals surface area contributed by atoms with Gasteiger partial charge in [-0.15, -0.1) is 0 Å². The quantitative estimate of drug-likeness (QED) is 0.856. The molecule has 0 unspecified atom stereocenters. The number of benzene rings is 1. The summed E-state index contributed by atoms with van der Waals surface area (Å²) in [5.41, 5.74) is 0.490. The number of nitrogens with zero attached hydrogens (tertiary/aromatic N) is 2. The van der Waals surface area contributed by atoms with Gasteiger partial charge in [0, 0.05) is 11.8 Å². The van der Waals surface area contributed by atoms with Crippen LogP contribution in [0.15, 0.2) is 24.4 Å². The standard InChI is InChI=1S/C15H17F3N2O/c1-9-7-10(8-11(13(9)21)14(2,3)4)20-6-5-12(19-20)15(16,17)18/h5-8,21H,1-4H3. The number of aromatic nitrogens is 2. The molecule has 1 heterocycles. The molecular formula is C15H17F3N2O. The van der Waals surface area contributed by atoms with Gasteiger partial charge in [0.25, 0.3) is 0 Å². The lowest BCUT2D eigenvalue weighted by Crippen LogP contribution is -2.13. The highest BCUT2D eigenvalue weighted by molar-refractivity contribution is 5.51. The first-order chi connectivity index (χ1) is 9.50. The summed E-state index contributed by atoms with van der Waals surface area (Å²) in [7, 11) is 0. The molecule has 0 bridgehead atoms. The lowest BCUT2D eigenvalue weighted by molar-refractivity contribution is -0.141. The molecule has 0 aliphatic heterocycles. The number of aryl methyl sites for hydroxylation is 1. The first kappa shape index (κ1) is 15.4. The van der Waals surface area contributed by atoms with Gasteiger partial charge in [0.05, 0.1) is 5.69 Å². The first-order valence-corrected chi connectivity index (χ1v) is 6.47. The van der Waals surface area contributed by atoms with E-state index in [9.17, 15) is 18.3 Å². The lowest BCUT2D eigenvalue weighted by atomic mass is 9.85. The van der Waals surface area contributed by atoms with Crippen LogP contribution in [0.4, 0.5) is 13.2 Å². The molecular weight excluding hydrogens is 281 g/mol. The van der Waals surface area contributed by atoms with E-state index in [4.69, 9.17) is 0 Å². The Balaban J connectivity index is 2.55. The molecule has 0 spiro atoms. The van der Waals surface area contributed by atoms with Crippen molar-refractivity contribution in [2.24, 2.45) is 0 Å². The molecule has 3 nitrogen and oxygen atoms in total. The second-order valence-electron chi connectivity index (χ2n) is 6.05. The molecule has 0 saturated heterocycles. The minimum atomic E-state index is -4.47. The van der Waals surface area contributed by atoms with Crippen molar-refractivity contribution >= 4 is 0 Å². The normalized spacial score (nSPS) is 12.7. The minimum Gasteiger partial charge on any atom is -0.507 e. The minimum absolute atomic E-state index is 0.162. The van der Waals surface area contributed by atoms with Crippen LogP contribution in [0.25, 0.3) is 5.69 Å². The molecule has 0 aliphatic carbocycles. The van der Waals surface area contributed by atoms with Crippen LogP contribution in [0.5, 0.6) is 5.75 Å². The zero-order chi connectivity index (χ0) is 16.0. The van der Waals surface area contributed by atoms with Gasteiger partial charge in [-0.25, -0.2) is 4.68 Å². The molecule has 0 fully saturated rings. The summed E-state index contributed by atoms with van der Waals surface area (Å²) in [5, 5.41) is 13.7. The van der Waals surface area contributed by atoms with Crippen molar-refractivity contribution < 1.29 is 18.3 Å². The number of aromatic hydroxyl groups is 1. The Labute approximate surface area is 121 Å². The summed E-state index contributed by atoms with van der Waals surface area (Å²) >= 11 is 0. The third-order valence-corrected chi connectivity index (χ3v) is 3.24. The SMILES string of the molecule is Cc1cc(-n2ccc(C(F)(F)F)n2)cc(C(C)(C)C)c1O. The number of hydrogen-bond acceptors (Lipinski definition) is 2. The van der Waals surface area contributed by atoms with Crippen LogP contribution in [-0.2, 0) is 11.6 Å². The van der Waals surface area contributed by atoms with E-state index >= 15 is 0 Å². The van der Waals surface area contributed by atoms with Crippen molar-refractivity contribution in [1.29, 1.82) is 0 Å². The predicted octanol–water partition coefficient (Wildman–Crippen LogP) is 4.20. The summed E-state index contributed by atoms with van der Waals surface area (Å²) < 4.78 is 39.0. The molecule has 0 saturated carbocycles. The van der Waals surface area contributed by atoms with E-state index in [2.05, 4.69) is 5.10 Å². The fraction of sp³-hybridized carbons (Fsp3) is 0.400. The van der Waals surface area contributed by atoms with Gasteiger partial charge < -0.3 is 5.11 Å². The van der Waals surface area contributed by atoms with E-state index in [-0.39, 0.29) is 11.2 Å². The third-order valence-electron chi connectivity index (χ3n) is 3.24. The average Bonchev–Trinajstić information content (AvgIpc) is 2.80. The monoisotopic (exact) mass is 298 g/mol. The summed E-state index contributed by atoms with van der Waals surface area (Å²) in [5.74, 6) is 0.162. The number of alkyl halides is 3. The van der Waals surface area contributed by atoms with Crippen molar-refractivity contribution in [3.8, 4) is 11.4 Å². The molecule has 0 aliphatic rings. The van der Waals surface area contributed by atoms with Crippen LogP contribution in [0.3, 0.4) is 0 Å². The highest BCUT2D eigenvalue weighted by Crippen LogP contribution is 2.35. The van der Waals surface area contributed by atoms with Crippen molar-refractivity contribution in [1.82, 2.24) is 9.78 Å². The Morgan fingerprint density at radius 2 is 1.76 bits per heavy atom. The predicted molar refractivity (Wildman–Crippen MR) is 73.7 cm³/mol.